The van der Waals surface area contributed by atoms with Crippen molar-refractivity contribution in [2.24, 2.45) is 5.10 Å². The third-order valence-electron chi connectivity index (χ3n) is 4.32. The van der Waals surface area contributed by atoms with Gasteiger partial charge >= 0.3 is 0 Å². The van der Waals surface area contributed by atoms with Crippen LogP contribution in [0.25, 0.3) is 5.69 Å². The number of nitriles is 1. The Balaban J connectivity index is 2.08. The molecule has 3 rings (SSSR count). The summed E-state index contributed by atoms with van der Waals surface area (Å²) in [6.07, 6.45) is 1.63. The summed E-state index contributed by atoms with van der Waals surface area (Å²) in [5.41, 5.74) is 4.58. The standard InChI is InChI=1S/C20H19N5O/c1-13-10-14(2)24(20(26)18(13)11-21)22-12-19-15(3)23-25(16(19)4)17-8-6-5-7-9-17/h5-10,12H,1-4H3/b22-12+. The summed E-state index contributed by atoms with van der Waals surface area (Å²) in [6, 6.07) is 13.6. The average molecular weight is 345 g/mol. The molecule has 6 heteroatoms. The van der Waals surface area contributed by atoms with Crippen molar-refractivity contribution in [2.75, 3.05) is 0 Å². The van der Waals surface area contributed by atoms with Crippen LogP contribution in [0, 0.1) is 39.0 Å². The molecule has 0 unspecified atom stereocenters. The summed E-state index contributed by atoms with van der Waals surface area (Å²) < 4.78 is 3.10. The number of nitrogens with zero attached hydrogens (tertiary/aromatic N) is 5. The van der Waals surface area contributed by atoms with Gasteiger partial charge < -0.3 is 0 Å². The van der Waals surface area contributed by atoms with Gasteiger partial charge in [-0.15, -0.1) is 0 Å². The lowest BCUT2D eigenvalue weighted by atomic mass is 10.1. The van der Waals surface area contributed by atoms with Crippen molar-refractivity contribution in [2.45, 2.75) is 27.7 Å². The van der Waals surface area contributed by atoms with E-state index in [0.29, 0.717) is 11.3 Å². The lowest BCUT2D eigenvalue weighted by molar-refractivity contribution is 0.786. The molecule has 130 valence electrons. The van der Waals surface area contributed by atoms with Gasteiger partial charge in [0.15, 0.2) is 0 Å². The zero-order chi connectivity index (χ0) is 18.8. The third kappa shape index (κ3) is 2.95. The molecule has 26 heavy (non-hydrogen) atoms. The van der Waals surface area contributed by atoms with Crippen LogP contribution in [0.2, 0.25) is 0 Å². The van der Waals surface area contributed by atoms with E-state index in [1.807, 2.05) is 54.9 Å². The number of benzene rings is 1. The summed E-state index contributed by atoms with van der Waals surface area (Å²) in [7, 11) is 0. The molecule has 0 N–H and O–H groups in total. The Morgan fingerprint density at radius 2 is 1.85 bits per heavy atom. The molecule has 0 saturated heterocycles. The van der Waals surface area contributed by atoms with Crippen LogP contribution >= 0.6 is 0 Å². The van der Waals surface area contributed by atoms with Crippen molar-refractivity contribution in [1.29, 1.82) is 5.26 Å². The summed E-state index contributed by atoms with van der Waals surface area (Å²) in [5, 5.41) is 18.1. The van der Waals surface area contributed by atoms with E-state index >= 15 is 0 Å². The zero-order valence-corrected chi connectivity index (χ0v) is 15.2. The second-order valence-corrected chi connectivity index (χ2v) is 6.15. The van der Waals surface area contributed by atoms with Crippen molar-refractivity contribution in [3.63, 3.8) is 0 Å². The van der Waals surface area contributed by atoms with E-state index in [1.165, 1.54) is 4.68 Å². The molecule has 2 aromatic heterocycles. The number of aromatic nitrogens is 3. The minimum Gasteiger partial charge on any atom is -0.266 e. The molecule has 0 spiro atoms. The van der Waals surface area contributed by atoms with Gasteiger partial charge in [0, 0.05) is 11.3 Å². The van der Waals surface area contributed by atoms with Crippen molar-refractivity contribution >= 4 is 6.21 Å². The Morgan fingerprint density at radius 3 is 2.50 bits per heavy atom. The minimum atomic E-state index is -0.410. The number of hydrogen-bond acceptors (Lipinski definition) is 4. The Kier molecular flexibility index (Phi) is 4.55. The number of para-hydroxylation sites is 1. The number of pyridine rings is 1. The summed E-state index contributed by atoms with van der Waals surface area (Å²) in [6.45, 7) is 7.40. The molecule has 0 saturated carbocycles. The molecule has 0 aliphatic rings. The molecule has 0 atom stereocenters. The second-order valence-electron chi connectivity index (χ2n) is 6.15. The van der Waals surface area contributed by atoms with Crippen molar-refractivity contribution in [3.8, 4) is 11.8 Å². The van der Waals surface area contributed by atoms with E-state index < -0.39 is 5.56 Å². The van der Waals surface area contributed by atoms with Crippen LogP contribution in [0.15, 0.2) is 46.3 Å². The molecule has 0 radical (unpaired) electrons. The number of aryl methyl sites for hydroxylation is 3. The van der Waals surface area contributed by atoms with Gasteiger partial charge in [0.1, 0.15) is 11.6 Å². The molecule has 0 amide bonds. The highest BCUT2D eigenvalue weighted by molar-refractivity contribution is 5.82. The van der Waals surface area contributed by atoms with E-state index in [4.69, 9.17) is 0 Å². The molecule has 0 bridgehead atoms. The zero-order valence-electron chi connectivity index (χ0n) is 15.2. The summed E-state index contributed by atoms with van der Waals surface area (Å²) in [4.78, 5) is 12.5. The molecule has 1 aromatic carbocycles. The van der Waals surface area contributed by atoms with Crippen LogP contribution in [0.3, 0.4) is 0 Å². The van der Waals surface area contributed by atoms with Gasteiger partial charge in [-0.05, 0) is 51.5 Å². The average Bonchev–Trinajstić information content (AvgIpc) is 2.90. The monoisotopic (exact) mass is 345 g/mol. The minimum absolute atomic E-state index is 0.112. The smallest absolute Gasteiger partial charge is 0.266 e. The highest BCUT2D eigenvalue weighted by Crippen LogP contribution is 2.16. The molecule has 3 aromatic rings. The van der Waals surface area contributed by atoms with Gasteiger partial charge in [0.25, 0.3) is 5.56 Å². The highest BCUT2D eigenvalue weighted by atomic mass is 16.1. The molecule has 0 fully saturated rings. The maximum absolute atomic E-state index is 12.5. The van der Waals surface area contributed by atoms with Crippen LogP contribution in [0.1, 0.15) is 33.8 Å². The Hall–Kier alpha value is -3.46. The molecule has 0 aliphatic heterocycles. The van der Waals surface area contributed by atoms with Gasteiger partial charge in [-0.2, -0.15) is 15.5 Å². The van der Waals surface area contributed by atoms with Crippen LogP contribution < -0.4 is 5.56 Å². The van der Waals surface area contributed by atoms with Gasteiger partial charge in [-0.3, -0.25) is 4.79 Å². The van der Waals surface area contributed by atoms with Crippen molar-refractivity contribution in [1.82, 2.24) is 14.5 Å². The summed E-state index contributed by atoms with van der Waals surface area (Å²) >= 11 is 0. The highest BCUT2D eigenvalue weighted by Gasteiger charge is 2.12. The first kappa shape index (κ1) is 17.4. The van der Waals surface area contributed by atoms with E-state index in [1.54, 1.807) is 26.1 Å². The maximum atomic E-state index is 12.5. The van der Waals surface area contributed by atoms with E-state index in [9.17, 15) is 10.1 Å². The fourth-order valence-corrected chi connectivity index (χ4v) is 2.94. The van der Waals surface area contributed by atoms with E-state index in [2.05, 4.69) is 10.2 Å². The van der Waals surface area contributed by atoms with Crippen LogP contribution in [0.5, 0.6) is 0 Å². The fraction of sp³-hybridized carbons (Fsp3) is 0.200. The first-order valence-electron chi connectivity index (χ1n) is 8.23. The first-order valence-corrected chi connectivity index (χ1v) is 8.23. The van der Waals surface area contributed by atoms with Gasteiger partial charge in [0.05, 0.1) is 23.3 Å². The molecular weight excluding hydrogens is 326 g/mol. The fourth-order valence-electron chi connectivity index (χ4n) is 2.94. The molecule has 2 heterocycles. The van der Waals surface area contributed by atoms with Crippen LogP contribution in [-0.4, -0.2) is 20.7 Å². The quantitative estimate of drug-likeness (QED) is 0.685. The normalized spacial score (nSPS) is 11.0. The lowest BCUT2D eigenvalue weighted by Crippen LogP contribution is -2.22. The van der Waals surface area contributed by atoms with Gasteiger partial charge in [-0.1, -0.05) is 18.2 Å². The Labute approximate surface area is 151 Å². The van der Waals surface area contributed by atoms with E-state index in [-0.39, 0.29) is 5.56 Å². The maximum Gasteiger partial charge on any atom is 0.289 e. The largest absolute Gasteiger partial charge is 0.289 e. The summed E-state index contributed by atoms with van der Waals surface area (Å²) in [5.74, 6) is 0. The first-order chi connectivity index (χ1) is 12.4. The topological polar surface area (TPSA) is 76.0 Å². The number of rotatable bonds is 3. The SMILES string of the molecule is Cc1cc(C)n(/N=C/c2c(C)nn(-c3ccccc3)c2C)c(=O)c1C#N. The molecule has 6 nitrogen and oxygen atoms in total. The second kappa shape index (κ2) is 6.81. The van der Waals surface area contributed by atoms with Crippen molar-refractivity contribution in [3.05, 3.63) is 80.5 Å². The molecule has 0 aliphatic carbocycles. The lowest BCUT2D eigenvalue weighted by Gasteiger charge is -2.06. The van der Waals surface area contributed by atoms with Gasteiger partial charge in [0.2, 0.25) is 0 Å². The molecular formula is C20H19N5O. The third-order valence-corrected chi connectivity index (χ3v) is 4.32. The van der Waals surface area contributed by atoms with Crippen LogP contribution in [-0.2, 0) is 0 Å². The van der Waals surface area contributed by atoms with Crippen LogP contribution in [0.4, 0.5) is 0 Å². The number of hydrogen-bond donors (Lipinski definition) is 0. The predicted molar refractivity (Wildman–Crippen MR) is 101 cm³/mol. The predicted octanol–water partition coefficient (Wildman–Crippen LogP) is 3.02. The Morgan fingerprint density at radius 1 is 1.15 bits per heavy atom. The van der Waals surface area contributed by atoms with E-state index in [0.717, 1.165) is 22.6 Å². The van der Waals surface area contributed by atoms with Crippen molar-refractivity contribution < 1.29 is 0 Å². The Bertz CT molecular complexity index is 1100. The van der Waals surface area contributed by atoms with Gasteiger partial charge in [-0.25, -0.2) is 9.36 Å².